The molecule has 3 rings (SSSR count). The molecule has 1 atom stereocenters. The normalized spacial score (nSPS) is 12.3. The largest absolute Gasteiger partial charge is 0.419 e. The zero-order valence-corrected chi connectivity index (χ0v) is 15.1. The second-order valence-corrected chi connectivity index (χ2v) is 6.84. The number of anilines is 1. The summed E-state index contributed by atoms with van der Waals surface area (Å²) in [6.07, 6.45) is 1.16. The lowest BCUT2D eigenvalue weighted by Gasteiger charge is -2.12. The number of nitriles is 1. The second kappa shape index (κ2) is 8.03. The van der Waals surface area contributed by atoms with Crippen LogP contribution in [-0.2, 0) is 0 Å². The van der Waals surface area contributed by atoms with E-state index in [0.29, 0.717) is 30.7 Å². The van der Waals surface area contributed by atoms with Crippen molar-refractivity contribution >= 4 is 16.7 Å². The summed E-state index contributed by atoms with van der Waals surface area (Å²) in [5.74, 6) is 1.25. The summed E-state index contributed by atoms with van der Waals surface area (Å²) in [6, 6.07) is 15.9. The van der Waals surface area contributed by atoms with E-state index >= 15 is 0 Å². The molecule has 1 aromatic heterocycles. The maximum atomic E-state index is 10.1. The molecule has 1 heterocycles. The Morgan fingerprint density at radius 3 is 2.69 bits per heavy atom. The second-order valence-electron chi connectivity index (χ2n) is 6.84. The Morgan fingerprint density at radius 1 is 1.15 bits per heavy atom. The van der Waals surface area contributed by atoms with Crippen molar-refractivity contribution in [2.24, 2.45) is 5.92 Å². The van der Waals surface area contributed by atoms with Crippen LogP contribution in [0.15, 0.2) is 46.9 Å². The Labute approximate surface area is 153 Å². The van der Waals surface area contributed by atoms with Crippen molar-refractivity contribution in [1.82, 2.24) is 4.98 Å². The van der Waals surface area contributed by atoms with Crippen LogP contribution in [0.4, 0.5) is 5.88 Å². The van der Waals surface area contributed by atoms with Gasteiger partial charge < -0.3 is 14.8 Å². The summed E-state index contributed by atoms with van der Waals surface area (Å²) in [4.78, 5) is 4.33. The van der Waals surface area contributed by atoms with E-state index < -0.39 is 6.10 Å². The highest BCUT2D eigenvalue weighted by Crippen LogP contribution is 2.31. The molecule has 26 heavy (non-hydrogen) atoms. The fourth-order valence-electron chi connectivity index (χ4n) is 2.88. The molecule has 0 amide bonds. The molecule has 5 nitrogen and oxygen atoms in total. The number of rotatable bonds is 7. The van der Waals surface area contributed by atoms with Gasteiger partial charge in [0.2, 0.25) is 17.5 Å². The number of aliphatic hydroxyl groups is 1. The Hall–Kier alpha value is -2.84. The first-order chi connectivity index (χ1) is 12.6. The Bertz CT molecular complexity index is 919. The summed E-state index contributed by atoms with van der Waals surface area (Å²) in [5, 5.41) is 24.6. The minimum Gasteiger partial charge on any atom is -0.419 e. The number of hydrogen-bond acceptors (Lipinski definition) is 5. The zero-order chi connectivity index (χ0) is 18.5. The van der Waals surface area contributed by atoms with Gasteiger partial charge in [0, 0.05) is 12.1 Å². The van der Waals surface area contributed by atoms with Crippen molar-refractivity contribution < 1.29 is 9.52 Å². The molecule has 0 aliphatic heterocycles. The highest BCUT2D eigenvalue weighted by Gasteiger charge is 2.17. The number of nitrogens with zero attached hydrogens (tertiary/aromatic N) is 2. The maximum Gasteiger partial charge on any atom is 0.232 e. The minimum absolute atomic E-state index is 0.198. The summed E-state index contributed by atoms with van der Waals surface area (Å²) in [7, 11) is 0. The number of nitrogens with one attached hydrogen (secondary N) is 1. The molecule has 0 bridgehead atoms. The van der Waals surface area contributed by atoms with E-state index in [-0.39, 0.29) is 5.69 Å². The molecule has 0 saturated heterocycles. The fourth-order valence-corrected chi connectivity index (χ4v) is 2.88. The predicted octanol–water partition coefficient (Wildman–Crippen LogP) is 4.58. The fraction of sp³-hybridized carbons (Fsp3) is 0.333. The van der Waals surface area contributed by atoms with Crippen LogP contribution in [0.1, 0.15) is 32.4 Å². The quantitative estimate of drug-likeness (QED) is 0.652. The third-order valence-corrected chi connectivity index (χ3v) is 4.33. The first kappa shape index (κ1) is 18.0. The molecular weight excluding hydrogens is 326 g/mol. The van der Waals surface area contributed by atoms with Gasteiger partial charge in [-0.2, -0.15) is 10.2 Å². The SMILES string of the molecule is CC(C)CCC(O)CNc1oc(-c2cccc3ccccc23)nc1C#N. The van der Waals surface area contributed by atoms with Crippen LogP contribution in [0.3, 0.4) is 0 Å². The number of aliphatic hydroxyl groups excluding tert-OH is 1. The van der Waals surface area contributed by atoms with Crippen LogP contribution >= 0.6 is 0 Å². The van der Waals surface area contributed by atoms with Gasteiger partial charge in [0.15, 0.2) is 0 Å². The van der Waals surface area contributed by atoms with Crippen LogP contribution < -0.4 is 5.32 Å². The van der Waals surface area contributed by atoms with Crippen molar-refractivity contribution in [2.45, 2.75) is 32.8 Å². The third kappa shape index (κ3) is 4.04. The molecular formula is C21H23N3O2. The van der Waals surface area contributed by atoms with Gasteiger partial charge >= 0.3 is 0 Å². The topological polar surface area (TPSA) is 82.1 Å². The zero-order valence-electron chi connectivity index (χ0n) is 15.1. The Balaban J connectivity index is 1.82. The molecule has 134 valence electrons. The van der Waals surface area contributed by atoms with Crippen molar-refractivity contribution in [3.8, 4) is 17.5 Å². The van der Waals surface area contributed by atoms with Gasteiger partial charge in [0.1, 0.15) is 6.07 Å². The molecule has 0 spiro atoms. The van der Waals surface area contributed by atoms with Crippen LogP contribution in [-0.4, -0.2) is 22.7 Å². The van der Waals surface area contributed by atoms with Crippen molar-refractivity contribution in [3.63, 3.8) is 0 Å². The maximum absolute atomic E-state index is 10.1. The van der Waals surface area contributed by atoms with E-state index in [1.54, 1.807) is 0 Å². The number of fused-ring (bicyclic) bond motifs is 1. The molecule has 1 unspecified atom stereocenters. The lowest BCUT2D eigenvalue weighted by molar-refractivity contribution is 0.168. The predicted molar refractivity (Wildman–Crippen MR) is 103 cm³/mol. The average Bonchev–Trinajstić information content (AvgIpc) is 3.07. The molecule has 0 radical (unpaired) electrons. The van der Waals surface area contributed by atoms with E-state index in [2.05, 4.69) is 30.2 Å². The number of hydrogen-bond donors (Lipinski definition) is 2. The van der Waals surface area contributed by atoms with Gasteiger partial charge in [-0.25, -0.2) is 0 Å². The summed E-state index contributed by atoms with van der Waals surface area (Å²) >= 11 is 0. The third-order valence-electron chi connectivity index (χ3n) is 4.33. The van der Waals surface area contributed by atoms with Crippen molar-refractivity contribution in [2.75, 3.05) is 11.9 Å². The van der Waals surface area contributed by atoms with E-state index in [1.165, 1.54) is 0 Å². The molecule has 0 fully saturated rings. The average molecular weight is 349 g/mol. The molecule has 0 aliphatic carbocycles. The van der Waals surface area contributed by atoms with Crippen LogP contribution in [0.2, 0.25) is 0 Å². The monoisotopic (exact) mass is 349 g/mol. The molecule has 3 aromatic rings. The number of aromatic nitrogens is 1. The standard InChI is InChI=1S/C21H23N3O2/c1-14(2)10-11-16(25)13-23-21-19(12-22)24-20(26-21)18-9-5-7-15-6-3-4-8-17(15)18/h3-9,14,16,23,25H,10-11,13H2,1-2H3. The lowest BCUT2D eigenvalue weighted by Crippen LogP contribution is -2.20. The first-order valence-electron chi connectivity index (χ1n) is 8.89. The van der Waals surface area contributed by atoms with Gasteiger partial charge in [0.05, 0.1) is 6.10 Å². The smallest absolute Gasteiger partial charge is 0.232 e. The van der Waals surface area contributed by atoms with Crippen LogP contribution in [0.25, 0.3) is 22.2 Å². The summed E-state index contributed by atoms with van der Waals surface area (Å²) < 4.78 is 5.82. The molecule has 0 saturated carbocycles. The highest BCUT2D eigenvalue weighted by atomic mass is 16.4. The summed E-state index contributed by atoms with van der Waals surface area (Å²) in [5.41, 5.74) is 1.04. The van der Waals surface area contributed by atoms with Crippen molar-refractivity contribution in [3.05, 3.63) is 48.2 Å². The Kier molecular flexibility index (Phi) is 5.55. The van der Waals surface area contributed by atoms with E-state index in [4.69, 9.17) is 4.42 Å². The van der Waals surface area contributed by atoms with Crippen LogP contribution in [0, 0.1) is 17.2 Å². The summed E-state index contributed by atoms with van der Waals surface area (Å²) in [6.45, 7) is 4.58. The van der Waals surface area contributed by atoms with Crippen molar-refractivity contribution in [1.29, 1.82) is 5.26 Å². The highest BCUT2D eigenvalue weighted by molar-refractivity contribution is 5.94. The Morgan fingerprint density at radius 2 is 1.92 bits per heavy atom. The van der Waals surface area contributed by atoms with E-state index in [9.17, 15) is 10.4 Å². The number of benzene rings is 2. The van der Waals surface area contributed by atoms with E-state index in [0.717, 1.165) is 22.8 Å². The van der Waals surface area contributed by atoms with E-state index in [1.807, 2.05) is 42.5 Å². The molecule has 2 aromatic carbocycles. The van der Waals surface area contributed by atoms with Gasteiger partial charge in [-0.3, -0.25) is 0 Å². The number of oxazole rings is 1. The first-order valence-corrected chi connectivity index (χ1v) is 8.89. The van der Waals surface area contributed by atoms with Gasteiger partial charge in [0.25, 0.3) is 0 Å². The molecule has 5 heteroatoms. The van der Waals surface area contributed by atoms with Gasteiger partial charge in [-0.15, -0.1) is 0 Å². The minimum atomic E-state index is -0.491. The molecule has 0 aliphatic rings. The van der Waals surface area contributed by atoms with Crippen LogP contribution in [0.5, 0.6) is 0 Å². The van der Waals surface area contributed by atoms with Gasteiger partial charge in [-0.05, 0) is 35.6 Å². The lowest BCUT2D eigenvalue weighted by atomic mass is 10.0. The van der Waals surface area contributed by atoms with Gasteiger partial charge in [-0.1, -0.05) is 50.2 Å². The molecule has 2 N–H and O–H groups in total.